The van der Waals surface area contributed by atoms with Crippen LogP contribution in [-0.4, -0.2) is 37.4 Å². The molecule has 1 aromatic carbocycles. The fraction of sp³-hybridized carbons (Fsp3) is 0.500. The summed E-state index contributed by atoms with van der Waals surface area (Å²) in [6, 6.07) is 7.14. The number of carbonyl (C=O) groups excluding carboxylic acids is 1. The maximum Gasteiger partial charge on any atom is 0.226 e. The summed E-state index contributed by atoms with van der Waals surface area (Å²) in [5.41, 5.74) is 0.732. The van der Waals surface area contributed by atoms with Crippen molar-refractivity contribution in [3.05, 3.63) is 24.3 Å². The summed E-state index contributed by atoms with van der Waals surface area (Å²) in [6.07, 6.45) is 0.957. The third-order valence-electron chi connectivity index (χ3n) is 2.39. The smallest absolute Gasteiger partial charge is 0.226 e. The Hall–Kier alpha value is -1.59. The topological polar surface area (TPSA) is 67.8 Å². The van der Waals surface area contributed by atoms with Crippen LogP contribution in [0.15, 0.2) is 24.3 Å². The van der Waals surface area contributed by atoms with Crippen LogP contribution in [0.3, 0.4) is 0 Å². The minimum Gasteiger partial charge on any atom is -0.494 e. The molecule has 19 heavy (non-hydrogen) atoms. The molecule has 0 fully saturated rings. The minimum absolute atomic E-state index is 0.0672. The maximum atomic E-state index is 11.5. The molecular formula is C14H21NO4. The van der Waals surface area contributed by atoms with Gasteiger partial charge in [0.05, 0.1) is 19.6 Å². The second-order valence-corrected chi connectivity index (χ2v) is 3.95. The Morgan fingerprint density at radius 2 is 2.00 bits per heavy atom. The molecule has 106 valence electrons. The van der Waals surface area contributed by atoms with Crippen molar-refractivity contribution in [3.8, 4) is 5.75 Å². The van der Waals surface area contributed by atoms with Gasteiger partial charge in [0.1, 0.15) is 5.75 Å². The van der Waals surface area contributed by atoms with E-state index in [9.17, 15) is 4.79 Å². The second kappa shape index (κ2) is 9.35. The van der Waals surface area contributed by atoms with Crippen LogP contribution in [0.1, 0.15) is 19.8 Å². The Balaban J connectivity index is 2.32. The van der Waals surface area contributed by atoms with Gasteiger partial charge in [0, 0.05) is 25.3 Å². The van der Waals surface area contributed by atoms with Gasteiger partial charge in [-0.15, -0.1) is 0 Å². The van der Waals surface area contributed by atoms with Crippen LogP contribution in [0.2, 0.25) is 0 Å². The lowest BCUT2D eigenvalue weighted by Gasteiger charge is -2.08. The molecule has 0 spiro atoms. The molecule has 0 heterocycles. The van der Waals surface area contributed by atoms with Crippen LogP contribution < -0.4 is 10.1 Å². The first-order chi connectivity index (χ1) is 9.26. The van der Waals surface area contributed by atoms with Gasteiger partial charge < -0.3 is 19.9 Å². The van der Waals surface area contributed by atoms with Crippen molar-refractivity contribution >= 4 is 11.6 Å². The SMILES string of the molecule is CCOCCC(=O)Nc1ccc(OCCCO)cc1. The summed E-state index contributed by atoms with van der Waals surface area (Å²) in [6.45, 7) is 3.55. The van der Waals surface area contributed by atoms with Gasteiger partial charge in [-0.05, 0) is 31.2 Å². The van der Waals surface area contributed by atoms with E-state index in [0.717, 1.165) is 11.4 Å². The van der Waals surface area contributed by atoms with E-state index in [1.165, 1.54) is 0 Å². The average Bonchev–Trinajstić information content (AvgIpc) is 2.41. The van der Waals surface area contributed by atoms with Gasteiger partial charge >= 0.3 is 0 Å². The Morgan fingerprint density at radius 1 is 1.26 bits per heavy atom. The van der Waals surface area contributed by atoms with Crippen LogP contribution in [0.4, 0.5) is 5.69 Å². The lowest BCUT2D eigenvalue weighted by molar-refractivity contribution is -0.117. The number of rotatable bonds is 9. The van der Waals surface area contributed by atoms with Crippen LogP contribution in [-0.2, 0) is 9.53 Å². The molecule has 5 heteroatoms. The van der Waals surface area contributed by atoms with E-state index < -0.39 is 0 Å². The highest BCUT2D eigenvalue weighted by molar-refractivity contribution is 5.90. The Labute approximate surface area is 113 Å². The first-order valence-electron chi connectivity index (χ1n) is 6.47. The summed E-state index contributed by atoms with van der Waals surface area (Å²) in [4.78, 5) is 11.5. The summed E-state index contributed by atoms with van der Waals surface area (Å²) < 4.78 is 10.5. The Bertz CT molecular complexity index is 364. The number of carbonyl (C=O) groups is 1. The van der Waals surface area contributed by atoms with Gasteiger partial charge in [0.2, 0.25) is 5.91 Å². The summed E-state index contributed by atoms with van der Waals surface area (Å²) in [7, 11) is 0. The molecule has 0 aliphatic heterocycles. The number of aliphatic hydroxyl groups excluding tert-OH is 1. The van der Waals surface area contributed by atoms with Crippen LogP contribution >= 0.6 is 0 Å². The van der Waals surface area contributed by atoms with Crippen LogP contribution in [0.5, 0.6) is 5.75 Å². The van der Waals surface area contributed by atoms with E-state index in [4.69, 9.17) is 14.6 Å². The molecule has 0 aromatic heterocycles. The monoisotopic (exact) mass is 267 g/mol. The molecule has 0 aliphatic carbocycles. The molecule has 1 amide bonds. The molecule has 0 radical (unpaired) electrons. The molecule has 5 nitrogen and oxygen atoms in total. The van der Waals surface area contributed by atoms with Crippen molar-refractivity contribution in [3.63, 3.8) is 0 Å². The van der Waals surface area contributed by atoms with Crippen molar-refractivity contribution in [1.82, 2.24) is 0 Å². The largest absolute Gasteiger partial charge is 0.494 e. The van der Waals surface area contributed by atoms with Crippen molar-refractivity contribution in [2.75, 3.05) is 31.7 Å². The number of anilines is 1. The van der Waals surface area contributed by atoms with E-state index in [1.54, 1.807) is 24.3 Å². The highest BCUT2D eigenvalue weighted by Gasteiger charge is 2.02. The second-order valence-electron chi connectivity index (χ2n) is 3.95. The first-order valence-corrected chi connectivity index (χ1v) is 6.47. The van der Waals surface area contributed by atoms with Crippen molar-refractivity contribution < 1.29 is 19.4 Å². The van der Waals surface area contributed by atoms with Crippen molar-refractivity contribution in [2.45, 2.75) is 19.8 Å². The predicted molar refractivity (Wildman–Crippen MR) is 73.4 cm³/mol. The molecule has 0 saturated carbocycles. The lowest BCUT2D eigenvalue weighted by atomic mass is 10.3. The molecule has 1 aromatic rings. The van der Waals surface area contributed by atoms with Crippen LogP contribution in [0.25, 0.3) is 0 Å². The predicted octanol–water partition coefficient (Wildman–Crippen LogP) is 1.81. The number of hydrogen-bond acceptors (Lipinski definition) is 4. The van der Waals surface area contributed by atoms with Gasteiger partial charge in [0.25, 0.3) is 0 Å². The summed E-state index contributed by atoms with van der Waals surface area (Å²) in [5, 5.41) is 11.4. The van der Waals surface area contributed by atoms with Gasteiger partial charge in [0.15, 0.2) is 0 Å². The molecular weight excluding hydrogens is 246 g/mol. The third kappa shape index (κ3) is 6.79. The molecule has 1 rings (SSSR count). The summed E-state index contributed by atoms with van der Waals surface area (Å²) >= 11 is 0. The van der Waals surface area contributed by atoms with E-state index in [2.05, 4.69) is 5.32 Å². The fourth-order valence-corrected chi connectivity index (χ4v) is 1.42. The Kier molecular flexibility index (Phi) is 7.62. The van der Waals surface area contributed by atoms with Crippen molar-refractivity contribution in [2.24, 2.45) is 0 Å². The van der Waals surface area contributed by atoms with E-state index in [1.807, 2.05) is 6.92 Å². The van der Waals surface area contributed by atoms with Crippen LogP contribution in [0, 0.1) is 0 Å². The maximum absolute atomic E-state index is 11.5. The molecule has 0 atom stereocenters. The van der Waals surface area contributed by atoms with E-state index >= 15 is 0 Å². The number of nitrogens with one attached hydrogen (secondary N) is 1. The zero-order valence-electron chi connectivity index (χ0n) is 11.2. The average molecular weight is 267 g/mol. The van der Waals surface area contributed by atoms with E-state index in [-0.39, 0.29) is 12.5 Å². The Morgan fingerprint density at radius 3 is 2.63 bits per heavy atom. The normalized spacial score (nSPS) is 10.2. The zero-order chi connectivity index (χ0) is 13.9. The number of amides is 1. The number of benzene rings is 1. The minimum atomic E-state index is -0.0672. The standard InChI is InChI=1S/C14H21NO4/c1-2-18-11-8-14(17)15-12-4-6-13(7-5-12)19-10-3-9-16/h4-7,16H,2-3,8-11H2,1H3,(H,15,17). The zero-order valence-corrected chi connectivity index (χ0v) is 11.2. The van der Waals surface area contributed by atoms with Gasteiger partial charge in [-0.3, -0.25) is 4.79 Å². The third-order valence-corrected chi connectivity index (χ3v) is 2.39. The molecule has 0 aliphatic rings. The fourth-order valence-electron chi connectivity index (χ4n) is 1.42. The van der Waals surface area contributed by atoms with Gasteiger partial charge in [-0.25, -0.2) is 0 Å². The number of hydrogen-bond donors (Lipinski definition) is 2. The number of ether oxygens (including phenoxy) is 2. The molecule has 2 N–H and O–H groups in total. The lowest BCUT2D eigenvalue weighted by Crippen LogP contribution is -2.14. The molecule has 0 unspecified atom stereocenters. The first kappa shape index (κ1) is 15.5. The molecule has 0 bridgehead atoms. The quantitative estimate of drug-likeness (QED) is 0.670. The van der Waals surface area contributed by atoms with Crippen molar-refractivity contribution in [1.29, 1.82) is 0 Å². The van der Waals surface area contributed by atoms with E-state index in [0.29, 0.717) is 32.7 Å². The van der Waals surface area contributed by atoms with Gasteiger partial charge in [-0.2, -0.15) is 0 Å². The number of aliphatic hydroxyl groups is 1. The highest BCUT2D eigenvalue weighted by Crippen LogP contribution is 2.16. The van der Waals surface area contributed by atoms with Gasteiger partial charge in [-0.1, -0.05) is 0 Å². The summed E-state index contributed by atoms with van der Waals surface area (Å²) in [5.74, 6) is 0.656. The highest BCUT2D eigenvalue weighted by atomic mass is 16.5. The molecule has 0 saturated heterocycles.